The molecule has 1 unspecified atom stereocenters. The number of hydrogen-bond donors (Lipinski definition) is 1. The molecule has 1 saturated heterocycles. The van der Waals surface area contributed by atoms with Gasteiger partial charge in [0.15, 0.2) is 0 Å². The van der Waals surface area contributed by atoms with Crippen LogP contribution in [0.4, 0.5) is 0 Å². The van der Waals surface area contributed by atoms with Gasteiger partial charge in [0.05, 0.1) is 0 Å². The summed E-state index contributed by atoms with van der Waals surface area (Å²) in [6, 6.07) is 0.693. The highest BCUT2D eigenvalue weighted by atomic mass is 32.2. The molecule has 3 nitrogen and oxygen atoms in total. The Morgan fingerprint density at radius 3 is 2.53 bits per heavy atom. The van der Waals surface area contributed by atoms with Crippen LogP contribution in [0.5, 0.6) is 0 Å². The van der Waals surface area contributed by atoms with Crippen LogP contribution in [0.25, 0.3) is 0 Å². The molecule has 0 aromatic rings. The molecule has 1 N–H and O–H groups in total. The summed E-state index contributed by atoms with van der Waals surface area (Å²) in [5, 5.41) is 3.62. The first kappa shape index (κ1) is 13.7. The van der Waals surface area contributed by atoms with Crippen molar-refractivity contribution < 1.29 is 0 Å². The average Bonchev–Trinajstić information content (AvgIpc) is 2.24. The highest BCUT2D eigenvalue weighted by Crippen LogP contribution is 2.36. The van der Waals surface area contributed by atoms with Crippen molar-refractivity contribution in [1.82, 2.24) is 15.1 Å². The van der Waals surface area contributed by atoms with Crippen LogP contribution in [0.3, 0.4) is 0 Å². The summed E-state index contributed by atoms with van der Waals surface area (Å²) in [6.07, 6.45) is 4.15. The predicted molar refractivity (Wildman–Crippen MR) is 76.9 cm³/mol. The molecule has 2 rings (SSSR count). The Balaban J connectivity index is 1.77. The number of nitrogens with zero attached hydrogens (tertiary/aromatic N) is 2. The minimum Gasteiger partial charge on any atom is -0.311 e. The number of hydrogen-bond acceptors (Lipinski definition) is 4. The maximum atomic E-state index is 3.62. The molecule has 1 atom stereocenters. The standard InChI is InChI=1S/C13H27N3S/c1-15(2)13(5-4-6-13)11-16(3)9-12-10-17-8-7-14-12/h12,14H,4-11H2,1-3H3. The molecule has 17 heavy (non-hydrogen) atoms. The van der Waals surface area contributed by atoms with Gasteiger partial charge in [-0.05, 0) is 40.4 Å². The third-order valence-corrected chi connectivity index (χ3v) is 5.46. The van der Waals surface area contributed by atoms with Gasteiger partial charge in [0.25, 0.3) is 0 Å². The normalized spacial score (nSPS) is 28.4. The van der Waals surface area contributed by atoms with Crippen molar-refractivity contribution in [1.29, 1.82) is 0 Å². The first-order chi connectivity index (χ1) is 8.12. The molecule has 1 heterocycles. The minimum absolute atomic E-state index is 0.469. The van der Waals surface area contributed by atoms with E-state index in [-0.39, 0.29) is 0 Å². The van der Waals surface area contributed by atoms with E-state index in [1.54, 1.807) is 0 Å². The lowest BCUT2D eigenvalue weighted by atomic mass is 9.75. The van der Waals surface area contributed by atoms with Crippen molar-refractivity contribution in [2.75, 3.05) is 52.3 Å². The van der Waals surface area contributed by atoms with E-state index in [1.165, 1.54) is 50.4 Å². The topological polar surface area (TPSA) is 18.5 Å². The molecule has 4 heteroatoms. The largest absolute Gasteiger partial charge is 0.311 e. The van der Waals surface area contributed by atoms with Crippen molar-refractivity contribution in [3.63, 3.8) is 0 Å². The molecule has 0 amide bonds. The summed E-state index contributed by atoms with van der Waals surface area (Å²) >= 11 is 2.09. The fourth-order valence-electron chi connectivity index (χ4n) is 3.01. The lowest BCUT2D eigenvalue weighted by molar-refractivity contribution is 0.0262. The zero-order valence-electron chi connectivity index (χ0n) is 11.5. The van der Waals surface area contributed by atoms with Gasteiger partial charge in [-0.2, -0.15) is 11.8 Å². The second-order valence-corrected chi connectivity index (χ2v) is 7.04. The highest BCUT2D eigenvalue weighted by Gasteiger charge is 2.39. The lowest BCUT2D eigenvalue weighted by Crippen LogP contribution is -2.58. The van der Waals surface area contributed by atoms with Gasteiger partial charge < -0.3 is 15.1 Å². The van der Waals surface area contributed by atoms with Gasteiger partial charge in [-0.3, -0.25) is 0 Å². The molecule has 0 spiro atoms. The Morgan fingerprint density at radius 1 is 1.29 bits per heavy atom. The Kier molecular flexibility index (Phi) is 4.75. The van der Waals surface area contributed by atoms with Crippen molar-refractivity contribution in [2.24, 2.45) is 0 Å². The Bertz CT molecular complexity index is 235. The number of nitrogens with one attached hydrogen (secondary N) is 1. The molecule has 2 aliphatic rings. The summed E-state index contributed by atoms with van der Waals surface area (Å²) in [5.41, 5.74) is 0.469. The minimum atomic E-state index is 0.469. The fraction of sp³-hybridized carbons (Fsp3) is 1.00. The Morgan fingerprint density at radius 2 is 2.06 bits per heavy atom. The second-order valence-electron chi connectivity index (χ2n) is 5.90. The molecule has 1 aliphatic carbocycles. The number of likely N-dealkylation sites (N-methyl/N-ethyl adjacent to an activating group) is 2. The van der Waals surface area contributed by atoms with Crippen molar-refractivity contribution in [3.8, 4) is 0 Å². The molecule has 2 fully saturated rings. The van der Waals surface area contributed by atoms with E-state index in [2.05, 4.69) is 48.0 Å². The van der Waals surface area contributed by atoms with E-state index in [9.17, 15) is 0 Å². The van der Waals surface area contributed by atoms with E-state index in [4.69, 9.17) is 0 Å². The third-order valence-electron chi connectivity index (χ3n) is 4.33. The van der Waals surface area contributed by atoms with Gasteiger partial charge in [0, 0.05) is 42.7 Å². The lowest BCUT2D eigenvalue weighted by Gasteiger charge is -2.49. The summed E-state index contributed by atoms with van der Waals surface area (Å²) in [5.74, 6) is 2.56. The van der Waals surface area contributed by atoms with Gasteiger partial charge in [-0.25, -0.2) is 0 Å². The van der Waals surface area contributed by atoms with Gasteiger partial charge in [0.1, 0.15) is 0 Å². The van der Waals surface area contributed by atoms with E-state index in [1.807, 2.05) is 0 Å². The summed E-state index contributed by atoms with van der Waals surface area (Å²) in [6.45, 7) is 3.60. The average molecular weight is 257 g/mol. The van der Waals surface area contributed by atoms with E-state index < -0.39 is 0 Å². The molecule has 0 radical (unpaired) electrons. The number of rotatable bonds is 5. The van der Waals surface area contributed by atoms with Crippen molar-refractivity contribution in [2.45, 2.75) is 30.8 Å². The van der Waals surface area contributed by atoms with E-state index in [0.29, 0.717) is 11.6 Å². The third kappa shape index (κ3) is 3.37. The molecule has 0 bridgehead atoms. The fourth-order valence-corrected chi connectivity index (χ4v) is 3.95. The SMILES string of the molecule is CN(CC1CSCCN1)CC1(N(C)C)CCC1. The maximum Gasteiger partial charge on any atom is 0.0330 e. The van der Waals surface area contributed by atoms with E-state index in [0.717, 1.165) is 0 Å². The van der Waals surface area contributed by atoms with Gasteiger partial charge in [-0.15, -0.1) is 0 Å². The molecule has 1 saturated carbocycles. The smallest absolute Gasteiger partial charge is 0.0330 e. The van der Waals surface area contributed by atoms with E-state index >= 15 is 0 Å². The second kappa shape index (κ2) is 5.91. The van der Waals surface area contributed by atoms with Crippen LogP contribution in [0.1, 0.15) is 19.3 Å². The summed E-state index contributed by atoms with van der Waals surface area (Å²) < 4.78 is 0. The monoisotopic (exact) mass is 257 g/mol. The quantitative estimate of drug-likeness (QED) is 0.795. The van der Waals surface area contributed by atoms with Crippen molar-refractivity contribution in [3.05, 3.63) is 0 Å². The van der Waals surface area contributed by atoms with Crippen molar-refractivity contribution >= 4 is 11.8 Å². The zero-order valence-corrected chi connectivity index (χ0v) is 12.4. The molecule has 1 aliphatic heterocycles. The maximum absolute atomic E-state index is 3.62. The molecular weight excluding hydrogens is 230 g/mol. The summed E-state index contributed by atoms with van der Waals surface area (Å²) in [4.78, 5) is 4.97. The predicted octanol–water partition coefficient (Wildman–Crippen LogP) is 1.11. The van der Waals surface area contributed by atoms with Gasteiger partial charge in [-0.1, -0.05) is 0 Å². The highest BCUT2D eigenvalue weighted by molar-refractivity contribution is 7.99. The van der Waals surface area contributed by atoms with Crippen LogP contribution in [-0.4, -0.2) is 73.7 Å². The Labute approximate surface area is 110 Å². The number of thioether (sulfide) groups is 1. The molecule has 0 aromatic carbocycles. The van der Waals surface area contributed by atoms with Crippen LogP contribution < -0.4 is 5.32 Å². The summed E-state index contributed by atoms with van der Waals surface area (Å²) in [7, 11) is 6.76. The van der Waals surface area contributed by atoms with Crippen LogP contribution in [0, 0.1) is 0 Å². The first-order valence-electron chi connectivity index (χ1n) is 6.79. The molecule has 100 valence electrons. The van der Waals surface area contributed by atoms with Gasteiger partial charge in [0.2, 0.25) is 0 Å². The zero-order chi connectivity index (χ0) is 12.3. The van der Waals surface area contributed by atoms with Crippen LogP contribution in [0.15, 0.2) is 0 Å². The van der Waals surface area contributed by atoms with Crippen LogP contribution in [0.2, 0.25) is 0 Å². The molecule has 0 aromatic heterocycles. The van der Waals surface area contributed by atoms with Gasteiger partial charge >= 0.3 is 0 Å². The Hall–Kier alpha value is 0.230. The van der Waals surface area contributed by atoms with Crippen LogP contribution >= 0.6 is 11.8 Å². The molecular formula is C13H27N3S. The first-order valence-corrected chi connectivity index (χ1v) is 7.95. The van der Waals surface area contributed by atoms with Crippen LogP contribution in [-0.2, 0) is 0 Å².